The molecule has 0 fully saturated rings. The maximum atomic E-state index is 4.16. The molecule has 0 atom stereocenters. The van der Waals surface area contributed by atoms with Crippen LogP contribution in [0.2, 0.25) is 0 Å². The van der Waals surface area contributed by atoms with Crippen LogP contribution >= 0.6 is 0 Å². The van der Waals surface area contributed by atoms with E-state index in [0.29, 0.717) is 0 Å². The van der Waals surface area contributed by atoms with Gasteiger partial charge in [-0.3, -0.25) is 4.99 Å². The van der Waals surface area contributed by atoms with Crippen LogP contribution in [0.3, 0.4) is 0 Å². The molecule has 2 heterocycles. The van der Waals surface area contributed by atoms with Gasteiger partial charge in [-0.1, -0.05) is 12.2 Å². The van der Waals surface area contributed by atoms with Crippen molar-refractivity contribution in [1.29, 1.82) is 0 Å². The Morgan fingerprint density at radius 1 is 1.08 bits per heavy atom. The predicted molar refractivity (Wildman–Crippen MR) is 48.4 cm³/mol. The molecule has 0 aliphatic carbocycles. The van der Waals surface area contributed by atoms with E-state index < -0.39 is 0 Å². The Labute approximate surface area is 70.2 Å². The molecular formula is C9H7N3. The van der Waals surface area contributed by atoms with Gasteiger partial charge < -0.3 is 0 Å². The molecule has 3 nitrogen and oxygen atoms in total. The number of allylic oxidation sites excluding steroid dienone is 3. The minimum atomic E-state index is 0.804. The SMILES string of the molecule is C1=Nc2cncnc2/C=C\C=C/1. The Hall–Kier alpha value is -1.77. The maximum absolute atomic E-state index is 4.16. The van der Waals surface area contributed by atoms with Gasteiger partial charge in [-0.2, -0.15) is 0 Å². The maximum Gasteiger partial charge on any atom is 0.116 e. The highest BCUT2D eigenvalue weighted by atomic mass is 14.9. The molecule has 0 radical (unpaired) electrons. The lowest BCUT2D eigenvalue weighted by Gasteiger charge is -1.97. The van der Waals surface area contributed by atoms with Crippen LogP contribution in [0.4, 0.5) is 5.69 Å². The third kappa shape index (κ3) is 1.29. The molecular weight excluding hydrogens is 150 g/mol. The van der Waals surface area contributed by atoms with Gasteiger partial charge in [-0.15, -0.1) is 0 Å². The number of aliphatic imine (C=N–C) groups is 1. The molecule has 12 heavy (non-hydrogen) atoms. The Morgan fingerprint density at radius 3 is 3.08 bits per heavy atom. The number of hydrogen-bond acceptors (Lipinski definition) is 3. The minimum absolute atomic E-state index is 0.804. The molecule has 0 bridgehead atoms. The molecule has 0 N–H and O–H groups in total. The molecule has 0 unspecified atom stereocenters. The quantitative estimate of drug-likeness (QED) is 0.575. The van der Waals surface area contributed by atoms with Gasteiger partial charge in [0.25, 0.3) is 0 Å². The zero-order valence-electron chi connectivity index (χ0n) is 6.38. The van der Waals surface area contributed by atoms with Crippen LogP contribution in [0, 0.1) is 0 Å². The zero-order chi connectivity index (χ0) is 8.23. The van der Waals surface area contributed by atoms with Gasteiger partial charge in [0.05, 0.1) is 11.9 Å². The van der Waals surface area contributed by atoms with Crippen LogP contribution in [-0.4, -0.2) is 16.2 Å². The Bertz CT molecular complexity index is 329. The Balaban J connectivity index is 2.54. The molecule has 1 aliphatic heterocycles. The summed E-state index contributed by atoms with van der Waals surface area (Å²) < 4.78 is 0. The average Bonchev–Trinajstić information content (AvgIpc) is 2.06. The summed E-state index contributed by atoms with van der Waals surface area (Å²) >= 11 is 0. The van der Waals surface area contributed by atoms with Gasteiger partial charge in [-0.25, -0.2) is 9.97 Å². The number of aromatic nitrogens is 2. The highest BCUT2D eigenvalue weighted by Crippen LogP contribution is 2.16. The largest absolute Gasteiger partial charge is 0.253 e. The number of fused-ring (bicyclic) bond motifs is 1. The molecule has 0 saturated carbocycles. The second kappa shape index (κ2) is 3.09. The summed E-state index contributed by atoms with van der Waals surface area (Å²) in [5.74, 6) is 0. The van der Waals surface area contributed by atoms with Crippen molar-refractivity contribution in [1.82, 2.24) is 9.97 Å². The monoisotopic (exact) mass is 157 g/mol. The van der Waals surface area contributed by atoms with Crippen LogP contribution in [-0.2, 0) is 0 Å². The summed E-state index contributed by atoms with van der Waals surface area (Å²) in [5.41, 5.74) is 1.66. The molecule has 0 saturated heterocycles. The van der Waals surface area contributed by atoms with Crippen LogP contribution in [0.25, 0.3) is 6.08 Å². The van der Waals surface area contributed by atoms with Gasteiger partial charge in [0, 0.05) is 6.21 Å². The van der Waals surface area contributed by atoms with Gasteiger partial charge in [0.1, 0.15) is 12.0 Å². The smallest absolute Gasteiger partial charge is 0.116 e. The first kappa shape index (κ1) is 6.91. The second-order valence-corrected chi connectivity index (χ2v) is 2.32. The van der Waals surface area contributed by atoms with E-state index in [2.05, 4.69) is 15.0 Å². The van der Waals surface area contributed by atoms with Crippen molar-refractivity contribution in [2.45, 2.75) is 0 Å². The summed E-state index contributed by atoms with van der Waals surface area (Å²) in [7, 11) is 0. The summed E-state index contributed by atoms with van der Waals surface area (Å²) in [4.78, 5) is 12.1. The van der Waals surface area contributed by atoms with E-state index in [1.807, 2.05) is 24.3 Å². The van der Waals surface area contributed by atoms with Crippen molar-refractivity contribution in [2.24, 2.45) is 4.99 Å². The van der Waals surface area contributed by atoms with Crippen molar-refractivity contribution >= 4 is 18.0 Å². The van der Waals surface area contributed by atoms with Gasteiger partial charge in [0.15, 0.2) is 0 Å². The first-order valence-corrected chi connectivity index (χ1v) is 3.64. The summed E-state index contributed by atoms with van der Waals surface area (Å²) in [6, 6.07) is 0. The predicted octanol–water partition coefficient (Wildman–Crippen LogP) is 1.76. The molecule has 58 valence electrons. The topological polar surface area (TPSA) is 38.1 Å². The van der Waals surface area contributed by atoms with Gasteiger partial charge in [0.2, 0.25) is 0 Å². The van der Waals surface area contributed by atoms with Crippen LogP contribution in [0.1, 0.15) is 5.69 Å². The first-order chi connectivity index (χ1) is 5.97. The summed E-state index contributed by atoms with van der Waals surface area (Å²) in [6.45, 7) is 0. The van der Waals surface area contributed by atoms with Gasteiger partial charge in [-0.05, 0) is 12.2 Å². The molecule has 3 heteroatoms. The molecule has 2 rings (SSSR count). The summed E-state index contributed by atoms with van der Waals surface area (Å²) in [6.07, 6.45) is 12.6. The molecule has 1 aliphatic rings. The molecule has 1 aromatic heterocycles. The lowest BCUT2D eigenvalue weighted by atomic mass is 10.3. The standard InChI is InChI=1S/C9H7N3/c1-2-4-8-9(11-5-3-1)6-10-7-12-8/h1-7H/b2-1?,3-1-,4-2-,5-3?,8-4?,11-5?,11-9?. The van der Waals surface area contributed by atoms with Crippen LogP contribution < -0.4 is 0 Å². The second-order valence-electron chi connectivity index (χ2n) is 2.32. The Kier molecular flexibility index (Phi) is 1.78. The van der Waals surface area contributed by atoms with E-state index in [0.717, 1.165) is 11.4 Å². The van der Waals surface area contributed by atoms with Crippen molar-refractivity contribution in [3.63, 3.8) is 0 Å². The fourth-order valence-corrected chi connectivity index (χ4v) is 0.943. The fraction of sp³-hybridized carbons (Fsp3) is 0. The van der Waals surface area contributed by atoms with Crippen molar-refractivity contribution in [3.05, 3.63) is 36.4 Å². The number of nitrogens with zero attached hydrogens (tertiary/aromatic N) is 3. The van der Waals surface area contributed by atoms with E-state index in [-0.39, 0.29) is 0 Å². The molecule has 0 aromatic carbocycles. The van der Waals surface area contributed by atoms with E-state index in [1.165, 1.54) is 6.33 Å². The van der Waals surface area contributed by atoms with E-state index in [4.69, 9.17) is 0 Å². The zero-order valence-corrected chi connectivity index (χ0v) is 6.38. The third-order valence-corrected chi connectivity index (χ3v) is 1.50. The normalized spacial score (nSPS) is 19.0. The average molecular weight is 157 g/mol. The Morgan fingerprint density at radius 2 is 2.08 bits per heavy atom. The fourth-order valence-electron chi connectivity index (χ4n) is 0.943. The van der Waals surface area contributed by atoms with Crippen molar-refractivity contribution in [2.75, 3.05) is 0 Å². The lowest BCUT2D eigenvalue weighted by molar-refractivity contribution is 1.14. The molecule has 0 amide bonds. The molecule has 0 spiro atoms. The lowest BCUT2D eigenvalue weighted by Crippen LogP contribution is -1.84. The van der Waals surface area contributed by atoms with E-state index in [9.17, 15) is 0 Å². The number of hydrogen-bond donors (Lipinski definition) is 0. The summed E-state index contributed by atoms with van der Waals surface area (Å²) in [5, 5.41) is 0. The third-order valence-electron chi connectivity index (χ3n) is 1.50. The highest BCUT2D eigenvalue weighted by molar-refractivity contribution is 5.78. The van der Waals surface area contributed by atoms with Gasteiger partial charge >= 0.3 is 0 Å². The number of rotatable bonds is 0. The van der Waals surface area contributed by atoms with Crippen LogP contribution in [0.5, 0.6) is 0 Å². The van der Waals surface area contributed by atoms with E-state index in [1.54, 1.807) is 12.4 Å². The van der Waals surface area contributed by atoms with E-state index >= 15 is 0 Å². The van der Waals surface area contributed by atoms with Crippen molar-refractivity contribution in [3.8, 4) is 0 Å². The first-order valence-electron chi connectivity index (χ1n) is 3.64. The van der Waals surface area contributed by atoms with Crippen molar-refractivity contribution < 1.29 is 0 Å². The highest BCUT2D eigenvalue weighted by Gasteiger charge is 1.97. The van der Waals surface area contributed by atoms with Crippen LogP contribution in [0.15, 0.2) is 35.7 Å². The minimum Gasteiger partial charge on any atom is -0.253 e. The molecule has 1 aromatic rings.